The van der Waals surface area contributed by atoms with Crippen LogP contribution < -0.4 is 10.6 Å². The fourth-order valence-electron chi connectivity index (χ4n) is 1.69. The van der Waals surface area contributed by atoms with E-state index in [1.807, 2.05) is 13.8 Å². The van der Waals surface area contributed by atoms with Crippen molar-refractivity contribution in [2.75, 3.05) is 6.54 Å². The zero-order chi connectivity index (χ0) is 12.8. The number of rotatable bonds is 8. The lowest BCUT2D eigenvalue weighted by molar-refractivity contribution is -0.137. The van der Waals surface area contributed by atoms with E-state index in [0.717, 1.165) is 19.3 Å². The third-order valence-corrected chi connectivity index (χ3v) is 3.16. The number of carboxylic acid groups (broad SMARTS) is 1. The predicted octanol–water partition coefficient (Wildman–Crippen LogP) is 0.744. The van der Waals surface area contributed by atoms with Gasteiger partial charge in [-0.1, -0.05) is 6.92 Å². The van der Waals surface area contributed by atoms with Crippen LogP contribution in [0.15, 0.2) is 0 Å². The van der Waals surface area contributed by atoms with E-state index in [0.29, 0.717) is 12.0 Å². The summed E-state index contributed by atoms with van der Waals surface area (Å²) in [5.74, 6) is -0.598. The number of hydrogen-bond acceptors (Lipinski definition) is 3. The van der Waals surface area contributed by atoms with E-state index in [9.17, 15) is 9.59 Å². The summed E-state index contributed by atoms with van der Waals surface area (Å²) < 4.78 is 0. The summed E-state index contributed by atoms with van der Waals surface area (Å²) in [6.07, 6.45) is 3.04. The van der Waals surface area contributed by atoms with Crippen molar-refractivity contribution in [2.24, 2.45) is 5.92 Å². The summed E-state index contributed by atoms with van der Waals surface area (Å²) in [5, 5.41) is 14.7. The number of nitrogens with one attached hydrogen (secondary N) is 2. The minimum atomic E-state index is -0.850. The van der Waals surface area contributed by atoms with Gasteiger partial charge in [0, 0.05) is 12.1 Å². The molecule has 0 aromatic heterocycles. The highest BCUT2D eigenvalue weighted by molar-refractivity contribution is 5.79. The first-order valence-electron chi connectivity index (χ1n) is 6.27. The molecule has 1 amide bonds. The highest BCUT2D eigenvalue weighted by atomic mass is 16.4. The third-order valence-electron chi connectivity index (χ3n) is 3.16. The van der Waals surface area contributed by atoms with Gasteiger partial charge in [0.1, 0.15) is 0 Å². The molecule has 5 nitrogen and oxygen atoms in total. The molecular formula is C12H22N2O3. The molecule has 0 spiro atoms. The fourth-order valence-corrected chi connectivity index (χ4v) is 1.69. The molecule has 0 bridgehead atoms. The topological polar surface area (TPSA) is 78.4 Å². The van der Waals surface area contributed by atoms with Crippen LogP contribution in [-0.2, 0) is 9.59 Å². The Bertz CT molecular complexity index is 277. The number of carbonyl (C=O) groups is 2. The molecular weight excluding hydrogens is 220 g/mol. The molecule has 0 aromatic rings. The first kappa shape index (κ1) is 14.0. The van der Waals surface area contributed by atoms with E-state index < -0.39 is 5.97 Å². The number of aliphatic carboxylic acids is 1. The van der Waals surface area contributed by atoms with Crippen LogP contribution in [0.2, 0.25) is 0 Å². The molecule has 1 aliphatic rings. The van der Waals surface area contributed by atoms with Crippen LogP contribution in [0, 0.1) is 5.92 Å². The van der Waals surface area contributed by atoms with Gasteiger partial charge in [-0.05, 0) is 32.1 Å². The molecule has 1 fully saturated rings. The van der Waals surface area contributed by atoms with Crippen LogP contribution in [0.4, 0.5) is 0 Å². The lowest BCUT2D eigenvalue weighted by atomic mass is 10.1. The Morgan fingerprint density at radius 1 is 1.41 bits per heavy atom. The highest BCUT2D eigenvalue weighted by Gasteiger charge is 2.33. The monoisotopic (exact) mass is 242 g/mol. The van der Waals surface area contributed by atoms with Crippen molar-refractivity contribution in [2.45, 2.75) is 51.6 Å². The Kier molecular flexibility index (Phi) is 5.41. The average molecular weight is 242 g/mol. The maximum atomic E-state index is 11.6. The number of hydrogen-bond donors (Lipinski definition) is 3. The van der Waals surface area contributed by atoms with Crippen molar-refractivity contribution in [1.29, 1.82) is 0 Å². The Labute approximate surface area is 102 Å². The SMILES string of the molecule is CCC(C)NCC(=O)NC(CC(=O)O)C1CC1. The first-order chi connectivity index (χ1) is 8.02. The smallest absolute Gasteiger partial charge is 0.305 e. The lowest BCUT2D eigenvalue weighted by Crippen LogP contribution is -2.44. The molecule has 0 heterocycles. The summed E-state index contributed by atoms with van der Waals surface area (Å²) in [4.78, 5) is 22.3. The van der Waals surface area contributed by atoms with Crippen molar-refractivity contribution < 1.29 is 14.7 Å². The van der Waals surface area contributed by atoms with Crippen molar-refractivity contribution in [3.05, 3.63) is 0 Å². The number of carbonyl (C=O) groups excluding carboxylic acids is 1. The van der Waals surface area contributed by atoms with Gasteiger partial charge < -0.3 is 15.7 Å². The second kappa shape index (κ2) is 6.59. The van der Waals surface area contributed by atoms with Crippen LogP contribution in [0.3, 0.4) is 0 Å². The largest absolute Gasteiger partial charge is 0.481 e. The molecule has 1 rings (SSSR count). The molecule has 1 aliphatic carbocycles. The van der Waals surface area contributed by atoms with Crippen LogP contribution in [0.1, 0.15) is 39.5 Å². The van der Waals surface area contributed by atoms with E-state index in [-0.39, 0.29) is 24.9 Å². The Morgan fingerprint density at radius 2 is 2.06 bits per heavy atom. The second-order valence-corrected chi connectivity index (χ2v) is 4.80. The average Bonchev–Trinajstić information content (AvgIpc) is 3.08. The number of amides is 1. The molecule has 0 aliphatic heterocycles. The van der Waals surface area contributed by atoms with Crippen molar-refractivity contribution in [1.82, 2.24) is 10.6 Å². The van der Waals surface area contributed by atoms with Gasteiger partial charge in [-0.15, -0.1) is 0 Å². The summed E-state index contributed by atoms with van der Waals surface area (Å²) in [6, 6.07) is 0.110. The maximum absolute atomic E-state index is 11.6. The van der Waals surface area contributed by atoms with Crippen LogP contribution in [0.5, 0.6) is 0 Å². The van der Waals surface area contributed by atoms with Gasteiger partial charge in [-0.25, -0.2) is 0 Å². The normalized spacial score (nSPS) is 18.5. The van der Waals surface area contributed by atoms with Gasteiger partial charge in [0.25, 0.3) is 0 Å². The zero-order valence-electron chi connectivity index (χ0n) is 10.5. The summed E-state index contributed by atoms with van der Waals surface area (Å²) in [6.45, 7) is 4.33. The quantitative estimate of drug-likeness (QED) is 0.586. The summed E-state index contributed by atoms with van der Waals surface area (Å²) in [5.41, 5.74) is 0. The van der Waals surface area contributed by atoms with E-state index in [1.54, 1.807) is 0 Å². The second-order valence-electron chi connectivity index (χ2n) is 4.80. The van der Waals surface area contributed by atoms with E-state index >= 15 is 0 Å². The number of carboxylic acids is 1. The van der Waals surface area contributed by atoms with Crippen LogP contribution >= 0.6 is 0 Å². The molecule has 5 heteroatoms. The van der Waals surface area contributed by atoms with E-state index in [1.165, 1.54) is 0 Å². The molecule has 17 heavy (non-hydrogen) atoms. The zero-order valence-corrected chi connectivity index (χ0v) is 10.5. The first-order valence-corrected chi connectivity index (χ1v) is 6.27. The molecule has 3 N–H and O–H groups in total. The minimum absolute atomic E-state index is 0.0275. The van der Waals surface area contributed by atoms with Gasteiger partial charge in [-0.2, -0.15) is 0 Å². The molecule has 2 unspecified atom stereocenters. The maximum Gasteiger partial charge on any atom is 0.305 e. The Hall–Kier alpha value is -1.10. The molecule has 0 saturated heterocycles. The predicted molar refractivity (Wildman–Crippen MR) is 64.7 cm³/mol. The molecule has 0 aromatic carbocycles. The van der Waals surface area contributed by atoms with Crippen molar-refractivity contribution in [3.63, 3.8) is 0 Å². The van der Waals surface area contributed by atoms with Crippen LogP contribution in [0.25, 0.3) is 0 Å². The molecule has 98 valence electrons. The lowest BCUT2D eigenvalue weighted by Gasteiger charge is -2.17. The van der Waals surface area contributed by atoms with Gasteiger partial charge >= 0.3 is 5.97 Å². The summed E-state index contributed by atoms with van der Waals surface area (Å²) in [7, 11) is 0. The standard InChI is InChI=1S/C12H22N2O3/c1-3-8(2)13-7-11(15)14-10(6-12(16)17)9-4-5-9/h8-10,13H,3-7H2,1-2H3,(H,14,15)(H,16,17). The molecule has 1 saturated carbocycles. The molecule has 2 atom stereocenters. The molecule has 0 radical (unpaired) electrons. The van der Waals surface area contributed by atoms with Gasteiger partial charge in [0.15, 0.2) is 0 Å². The van der Waals surface area contributed by atoms with Gasteiger partial charge in [0.2, 0.25) is 5.91 Å². The third kappa shape index (κ3) is 5.68. The van der Waals surface area contributed by atoms with Crippen molar-refractivity contribution in [3.8, 4) is 0 Å². The van der Waals surface area contributed by atoms with Crippen molar-refractivity contribution >= 4 is 11.9 Å². The summed E-state index contributed by atoms with van der Waals surface area (Å²) >= 11 is 0. The Morgan fingerprint density at radius 3 is 2.53 bits per heavy atom. The van der Waals surface area contributed by atoms with Crippen LogP contribution in [-0.4, -0.2) is 35.6 Å². The minimum Gasteiger partial charge on any atom is -0.481 e. The highest BCUT2D eigenvalue weighted by Crippen LogP contribution is 2.33. The van der Waals surface area contributed by atoms with E-state index in [2.05, 4.69) is 10.6 Å². The Balaban J connectivity index is 2.28. The van der Waals surface area contributed by atoms with Gasteiger partial charge in [-0.3, -0.25) is 9.59 Å². The van der Waals surface area contributed by atoms with Gasteiger partial charge in [0.05, 0.1) is 13.0 Å². The van der Waals surface area contributed by atoms with E-state index in [4.69, 9.17) is 5.11 Å². The fraction of sp³-hybridized carbons (Fsp3) is 0.833.